The van der Waals surface area contributed by atoms with Gasteiger partial charge in [0.15, 0.2) is 0 Å². The van der Waals surface area contributed by atoms with Crippen molar-refractivity contribution in [2.45, 2.75) is 32.9 Å². The van der Waals surface area contributed by atoms with Crippen LogP contribution in [0.3, 0.4) is 0 Å². The molecule has 0 aliphatic carbocycles. The maximum atomic E-state index is 9.00. The van der Waals surface area contributed by atoms with Crippen LogP contribution in [0.25, 0.3) is 0 Å². The fourth-order valence-electron chi connectivity index (χ4n) is 1.44. The van der Waals surface area contributed by atoms with Gasteiger partial charge in [-0.15, -0.1) is 0 Å². The predicted octanol–water partition coefficient (Wildman–Crippen LogP) is 2.24. The van der Waals surface area contributed by atoms with E-state index in [2.05, 4.69) is 25.2 Å². The smallest absolute Gasteiger partial charge is 0.0681 e. The van der Waals surface area contributed by atoms with E-state index in [1.165, 1.54) is 5.56 Å². The average molecular weight is 193 g/mol. The van der Waals surface area contributed by atoms with E-state index in [0.717, 1.165) is 18.5 Å². The van der Waals surface area contributed by atoms with E-state index in [0.29, 0.717) is 6.04 Å². The zero-order valence-corrected chi connectivity index (χ0v) is 8.96. The summed E-state index contributed by atoms with van der Waals surface area (Å²) in [4.78, 5) is 0. The van der Waals surface area contributed by atoms with Crippen molar-refractivity contribution >= 4 is 0 Å². The lowest BCUT2D eigenvalue weighted by Gasteiger charge is -2.14. The molecule has 0 heterocycles. The normalized spacial score (nSPS) is 12.8. The Morgan fingerprint density at radius 3 is 2.86 bits per heavy atom. The molecule has 1 aromatic carbocycles. The van der Waals surface area contributed by atoms with E-state index >= 15 is 0 Å². The lowest BCUT2D eigenvalue weighted by Crippen LogP contribution is -2.19. The van der Waals surface area contributed by atoms with Crippen molar-refractivity contribution in [2.75, 3.05) is 6.54 Å². The predicted molar refractivity (Wildman–Crippen MR) is 59.1 cm³/mol. The van der Waals surface area contributed by atoms with E-state index in [1.54, 1.807) is 0 Å². The summed E-state index contributed by atoms with van der Waals surface area (Å²) in [6.07, 6.45) is 1.14. The summed E-state index contributed by atoms with van der Waals surface area (Å²) in [6.45, 7) is 5.45. The van der Waals surface area contributed by atoms with Crippen LogP contribution >= 0.6 is 0 Å². The van der Waals surface area contributed by atoms with Gasteiger partial charge < -0.3 is 10.4 Å². The van der Waals surface area contributed by atoms with Crippen LogP contribution in [0, 0.1) is 0 Å². The van der Waals surface area contributed by atoms with Crippen LogP contribution in [0.1, 0.15) is 37.4 Å². The zero-order valence-electron chi connectivity index (χ0n) is 8.96. The molecule has 0 fully saturated rings. The summed E-state index contributed by atoms with van der Waals surface area (Å²) in [5, 5.41) is 12.4. The number of rotatable bonds is 5. The van der Waals surface area contributed by atoms with Gasteiger partial charge >= 0.3 is 0 Å². The second-order valence-electron chi connectivity index (χ2n) is 3.58. The van der Waals surface area contributed by atoms with Crippen LogP contribution in [0.5, 0.6) is 0 Å². The number of nitrogens with one attached hydrogen (secondary N) is 1. The van der Waals surface area contributed by atoms with Crippen LogP contribution in [0.2, 0.25) is 0 Å². The molecule has 0 radical (unpaired) electrons. The molecule has 0 saturated carbocycles. The monoisotopic (exact) mass is 193 g/mol. The standard InChI is InChI=1S/C12H19NO/c1-3-7-13-10(2)12-6-4-5-11(8-12)9-14/h4-6,8,10,13-14H,3,7,9H2,1-2H3. The van der Waals surface area contributed by atoms with Crippen molar-refractivity contribution in [2.24, 2.45) is 0 Å². The molecule has 14 heavy (non-hydrogen) atoms. The molecule has 0 bridgehead atoms. The van der Waals surface area contributed by atoms with Crippen LogP contribution in [0.15, 0.2) is 24.3 Å². The summed E-state index contributed by atoms with van der Waals surface area (Å²) < 4.78 is 0. The van der Waals surface area contributed by atoms with E-state index in [9.17, 15) is 0 Å². The molecule has 78 valence electrons. The minimum absolute atomic E-state index is 0.119. The molecule has 1 unspecified atom stereocenters. The third kappa shape index (κ3) is 3.13. The summed E-state index contributed by atoms with van der Waals surface area (Å²) in [5.74, 6) is 0. The molecule has 0 aliphatic rings. The van der Waals surface area contributed by atoms with Gasteiger partial charge in [-0.05, 0) is 31.0 Å². The molecular weight excluding hydrogens is 174 g/mol. The molecule has 0 aromatic heterocycles. The second-order valence-corrected chi connectivity index (χ2v) is 3.58. The zero-order chi connectivity index (χ0) is 10.4. The minimum atomic E-state index is 0.119. The highest BCUT2D eigenvalue weighted by atomic mass is 16.3. The first-order valence-corrected chi connectivity index (χ1v) is 5.21. The Hall–Kier alpha value is -0.860. The van der Waals surface area contributed by atoms with Gasteiger partial charge in [-0.1, -0.05) is 31.2 Å². The van der Waals surface area contributed by atoms with E-state index in [1.807, 2.05) is 18.2 Å². The third-order valence-electron chi connectivity index (χ3n) is 2.33. The highest BCUT2D eigenvalue weighted by Gasteiger charge is 2.03. The number of aliphatic hydroxyl groups excluding tert-OH is 1. The van der Waals surface area contributed by atoms with Crippen LogP contribution in [-0.2, 0) is 6.61 Å². The van der Waals surface area contributed by atoms with Gasteiger partial charge in [0.05, 0.1) is 6.61 Å². The first-order chi connectivity index (χ1) is 6.77. The Bertz CT molecular complexity index is 273. The molecule has 1 rings (SSSR count). The van der Waals surface area contributed by atoms with Crippen LogP contribution in [0.4, 0.5) is 0 Å². The fraction of sp³-hybridized carbons (Fsp3) is 0.500. The van der Waals surface area contributed by atoms with E-state index in [4.69, 9.17) is 5.11 Å². The van der Waals surface area contributed by atoms with Crippen molar-refractivity contribution in [3.05, 3.63) is 35.4 Å². The third-order valence-corrected chi connectivity index (χ3v) is 2.33. The molecule has 0 amide bonds. The first-order valence-electron chi connectivity index (χ1n) is 5.21. The Balaban J connectivity index is 2.64. The van der Waals surface area contributed by atoms with Crippen molar-refractivity contribution in [1.82, 2.24) is 5.32 Å². The molecule has 1 aromatic rings. The van der Waals surface area contributed by atoms with Gasteiger partial charge in [0.1, 0.15) is 0 Å². The topological polar surface area (TPSA) is 32.3 Å². The molecule has 1 atom stereocenters. The number of aliphatic hydroxyl groups is 1. The lowest BCUT2D eigenvalue weighted by molar-refractivity contribution is 0.281. The first kappa shape index (κ1) is 11.2. The Labute approximate surface area is 86.0 Å². The Morgan fingerprint density at radius 2 is 2.21 bits per heavy atom. The number of hydrogen-bond acceptors (Lipinski definition) is 2. The SMILES string of the molecule is CCCNC(C)c1cccc(CO)c1. The molecule has 0 aliphatic heterocycles. The minimum Gasteiger partial charge on any atom is -0.392 e. The number of hydrogen-bond donors (Lipinski definition) is 2. The summed E-state index contributed by atoms with van der Waals surface area (Å²) in [5.41, 5.74) is 2.22. The van der Waals surface area contributed by atoms with E-state index in [-0.39, 0.29) is 6.61 Å². The lowest BCUT2D eigenvalue weighted by atomic mass is 10.1. The fourth-order valence-corrected chi connectivity index (χ4v) is 1.44. The quantitative estimate of drug-likeness (QED) is 0.751. The highest BCUT2D eigenvalue weighted by molar-refractivity contribution is 5.25. The molecule has 2 N–H and O–H groups in total. The second kappa shape index (κ2) is 5.78. The molecule has 0 spiro atoms. The summed E-state index contributed by atoms with van der Waals surface area (Å²) >= 11 is 0. The van der Waals surface area contributed by atoms with Crippen LogP contribution < -0.4 is 5.32 Å². The van der Waals surface area contributed by atoms with E-state index < -0.39 is 0 Å². The van der Waals surface area contributed by atoms with Gasteiger partial charge in [-0.25, -0.2) is 0 Å². The van der Waals surface area contributed by atoms with Gasteiger partial charge in [0.2, 0.25) is 0 Å². The van der Waals surface area contributed by atoms with Crippen molar-refractivity contribution in [3.8, 4) is 0 Å². The van der Waals surface area contributed by atoms with Crippen molar-refractivity contribution in [3.63, 3.8) is 0 Å². The van der Waals surface area contributed by atoms with Gasteiger partial charge in [0.25, 0.3) is 0 Å². The van der Waals surface area contributed by atoms with Crippen molar-refractivity contribution in [1.29, 1.82) is 0 Å². The molecule has 2 heteroatoms. The average Bonchev–Trinajstić information content (AvgIpc) is 2.26. The van der Waals surface area contributed by atoms with Gasteiger partial charge in [-0.3, -0.25) is 0 Å². The Kier molecular flexibility index (Phi) is 4.63. The van der Waals surface area contributed by atoms with Gasteiger partial charge in [0, 0.05) is 6.04 Å². The maximum Gasteiger partial charge on any atom is 0.0681 e. The number of benzene rings is 1. The molecule has 2 nitrogen and oxygen atoms in total. The van der Waals surface area contributed by atoms with Crippen molar-refractivity contribution < 1.29 is 5.11 Å². The molecule has 0 saturated heterocycles. The largest absolute Gasteiger partial charge is 0.392 e. The molecular formula is C12H19NO. The summed E-state index contributed by atoms with van der Waals surface area (Å²) in [7, 11) is 0. The summed E-state index contributed by atoms with van der Waals surface area (Å²) in [6, 6.07) is 8.43. The maximum absolute atomic E-state index is 9.00. The Morgan fingerprint density at radius 1 is 1.43 bits per heavy atom. The van der Waals surface area contributed by atoms with Gasteiger partial charge in [-0.2, -0.15) is 0 Å². The van der Waals surface area contributed by atoms with Crippen LogP contribution in [-0.4, -0.2) is 11.7 Å². The highest BCUT2D eigenvalue weighted by Crippen LogP contribution is 2.13.